The summed E-state index contributed by atoms with van der Waals surface area (Å²) in [5.74, 6) is -0.313. The van der Waals surface area contributed by atoms with E-state index in [1.807, 2.05) is 0 Å². The highest BCUT2D eigenvalue weighted by Crippen LogP contribution is 2.01. The zero-order valence-electron chi connectivity index (χ0n) is 8.01. The molecule has 0 saturated carbocycles. The molecule has 1 rings (SSSR count). The number of nitrogens with one attached hydrogen (secondary N) is 2. The van der Waals surface area contributed by atoms with Crippen molar-refractivity contribution in [1.82, 2.24) is 10.6 Å². The molecular weight excluding hydrogens is 183 g/mol. The topological polar surface area (TPSA) is 41.1 Å². The van der Waals surface area contributed by atoms with E-state index in [4.69, 9.17) is 0 Å². The van der Waals surface area contributed by atoms with Gasteiger partial charge in [0, 0.05) is 13.6 Å². The van der Waals surface area contributed by atoms with Crippen LogP contribution in [0, 0.1) is 5.82 Å². The fourth-order valence-corrected chi connectivity index (χ4v) is 1.01. The van der Waals surface area contributed by atoms with Gasteiger partial charge < -0.3 is 10.6 Å². The van der Waals surface area contributed by atoms with Crippen molar-refractivity contribution in [2.24, 2.45) is 0 Å². The minimum absolute atomic E-state index is 0.0629. The van der Waals surface area contributed by atoms with Gasteiger partial charge in [0.1, 0.15) is 5.82 Å². The number of halogens is 1. The van der Waals surface area contributed by atoms with Gasteiger partial charge in [-0.1, -0.05) is 12.1 Å². The van der Waals surface area contributed by atoms with Crippen LogP contribution in [0.1, 0.15) is 5.56 Å². The summed E-state index contributed by atoms with van der Waals surface area (Å²) in [5, 5.41) is 5.44. The van der Waals surface area contributed by atoms with E-state index >= 15 is 0 Å². The smallest absolute Gasteiger partial charge is 0.233 e. The van der Waals surface area contributed by atoms with E-state index in [0.717, 1.165) is 5.56 Å². The molecule has 0 unspecified atom stereocenters. The molecule has 1 amide bonds. The van der Waals surface area contributed by atoms with Crippen molar-refractivity contribution >= 4 is 5.91 Å². The molecule has 2 N–H and O–H groups in total. The van der Waals surface area contributed by atoms with Crippen LogP contribution >= 0.6 is 0 Å². The van der Waals surface area contributed by atoms with E-state index in [1.165, 1.54) is 12.1 Å². The predicted molar refractivity (Wildman–Crippen MR) is 52.2 cm³/mol. The van der Waals surface area contributed by atoms with E-state index in [-0.39, 0.29) is 18.3 Å². The first-order valence-electron chi connectivity index (χ1n) is 4.38. The van der Waals surface area contributed by atoms with E-state index < -0.39 is 0 Å². The van der Waals surface area contributed by atoms with Crippen molar-refractivity contribution in [1.29, 1.82) is 0 Å². The number of rotatable bonds is 4. The van der Waals surface area contributed by atoms with Crippen molar-refractivity contribution < 1.29 is 9.18 Å². The van der Waals surface area contributed by atoms with E-state index in [0.29, 0.717) is 6.54 Å². The summed E-state index contributed by atoms with van der Waals surface area (Å²) in [6, 6.07) is 6.17. The summed E-state index contributed by atoms with van der Waals surface area (Å²) in [6.07, 6.45) is 0. The fraction of sp³-hybridized carbons (Fsp3) is 0.300. The highest BCUT2D eigenvalue weighted by atomic mass is 19.1. The number of amides is 1. The molecular formula is C10H13FN2O. The van der Waals surface area contributed by atoms with Crippen LogP contribution in [0.4, 0.5) is 4.39 Å². The molecule has 0 saturated heterocycles. The predicted octanol–water partition coefficient (Wildman–Crippen LogP) is 0.661. The first-order valence-corrected chi connectivity index (χ1v) is 4.38. The lowest BCUT2D eigenvalue weighted by molar-refractivity contribution is -0.119. The maximum Gasteiger partial charge on any atom is 0.233 e. The number of hydrogen-bond donors (Lipinski definition) is 2. The summed E-state index contributed by atoms with van der Waals surface area (Å²) in [6.45, 7) is 0.835. The van der Waals surface area contributed by atoms with Crippen LogP contribution in [-0.4, -0.2) is 19.5 Å². The summed E-state index contributed by atoms with van der Waals surface area (Å²) >= 11 is 0. The highest BCUT2D eigenvalue weighted by molar-refractivity contribution is 5.77. The Bertz CT molecular complexity index is 297. The summed E-state index contributed by atoms with van der Waals surface area (Å²) in [7, 11) is 1.59. The average molecular weight is 196 g/mol. The quantitative estimate of drug-likeness (QED) is 0.742. The molecule has 0 aliphatic heterocycles. The second-order valence-electron chi connectivity index (χ2n) is 2.90. The van der Waals surface area contributed by atoms with Gasteiger partial charge in [-0.2, -0.15) is 0 Å². The van der Waals surface area contributed by atoms with Crippen LogP contribution < -0.4 is 10.6 Å². The number of carbonyl (C=O) groups excluding carboxylic acids is 1. The number of hydrogen-bond acceptors (Lipinski definition) is 2. The molecule has 0 spiro atoms. The molecule has 1 aromatic rings. The zero-order chi connectivity index (χ0) is 10.4. The third-order valence-corrected chi connectivity index (χ3v) is 1.81. The average Bonchev–Trinajstić information content (AvgIpc) is 2.21. The number of benzene rings is 1. The van der Waals surface area contributed by atoms with Gasteiger partial charge >= 0.3 is 0 Å². The Morgan fingerprint density at radius 3 is 2.57 bits per heavy atom. The third-order valence-electron chi connectivity index (χ3n) is 1.81. The fourth-order valence-electron chi connectivity index (χ4n) is 1.01. The van der Waals surface area contributed by atoms with Gasteiger partial charge in [-0.3, -0.25) is 4.79 Å². The number of carbonyl (C=O) groups is 1. The van der Waals surface area contributed by atoms with Gasteiger partial charge in [-0.05, 0) is 17.7 Å². The van der Waals surface area contributed by atoms with Gasteiger partial charge in [0.25, 0.3) is 0 Å². The minimum Gasteiger partial charge on any atom is -0.358 e. The molecule has 3 nitrogen and oxygen atoms in total. The van der Waals surface area contributed by atoms with Gasteiger partial charge in [0.15, 0.2) is 0 Å². The minimum atomic E-state index is -0.250. The van der Waals surface area contributed by atoms with Gasteiger partial charge in [-0.15, -0.1) is 0 Å². The Hall–Kier alpha value is -1.42. The number of likely N-dealkylation sites (N-methyl/N-ethyl adjacent to an activating group) is 1. The van der Waals surface area contributed by atoms with Crippen LogP contribution in [0.3, 0.4) is 0 Å². The lowest BCUT2D eigenvalue weighted by atomic mass is 10.2. The Morgan fingerprint density at radius 1 is 1.36 bits per heavy atom. The van der Waals surface area contributed by atoms with Crippen LogP contribution in [0.25, 0.3) is 0 Å². The van der Waals surface area contributed by atoms with Crippen LogP contribution in [0.2, 0.25) is 0 Å². The van der Waals surface area contributed by atoms with E-state index in [2.05, 4.69) is 10.6 Å². The van der Waals surface area contributed by atoms with Crippen molar-refractivity contribution in [3.8, 4) is 0 Å². The second kappa shape index (κ2) is 5.34. The summed E-state index contributed by atoms with van der Waals surface area (Å²) in [4.78, 5) is 10.8. The monoisotopic (exact) mass is 196 g/mol. The lowest BCUT2D eigenvalue weighted by Gasteiger charge is -2.03. The molecule has 0 aliphatic carbocycles. The molecule has 0 radical (unpaired) electrons. The van der Waals surface area contributed by atoms with Crippen molar-refractivity contribution in [2.75, 3.05) is 13.6 Å². The second-order valence-corrected chi connectivity index (χ2v) is 2.90. The largest absolute Gasteiger partial charge is 0.358 e. The molecule has 1 aromatic carbocycles. The maximum atomic E-state index is 12.5. The molecule has 14 heavy (non-hydrogen) atoms. The molecule has 0 atom stereocenters. The molecule has 0 aliphatic rings. The van der Waals surface area contributed by atoms with Crippen molar-refractivity contribution in [2.45, 2.75) is 6.54 Å². The molecule has 0 bridgehead atoms. The zero-order valence-corrected chi connectivity index (χ0v) is 8.01. The molecule has 0 aromatic heterocycles. The third kappa shape index (κ3) is 3.53. The molecule has 4 heteroatoms. The first kappa shape index (κ1) is 10.7. The molecule has 0 heterocycles. The first-order chi connectivity index (χ1) is 6.72. The molecule has 76 valence electrons. The van der Waals surface area contributed by atoms with Gasteiger partial charge in [0.05, 0.1) is 6.54 Å². The highest BCUT2D eigenvalue weighted by Gasteiger charge is 1.97. The van der Waals surface area contributed by atoms with Crippen LogP contribution in [0.5, 0.6) is 0 Å². The summed E-state index contributed by atoms with van der Waals surface area (Å²) < 4.78 is 12.5. The van der Waals surface area contributed by atoms with Gasteiger partial charge in [0.2, 0.25) is 5.91 Å². The van der Waals surface area contributed by atoms with Gasteiger partial charge in [-0.25, -0.2) is 4.39 Å². The Kier molecular flexibility index (Phi) is 4.07. The summed E-state index contributed by atoms with van der Waals surface area (Å²) in [5.41, 5.74) is 0.954. The Labute approximate surface area is 82.3 Å². The maximum absolute atomic E-state index is 12.5. The van der Waals surface area contributed by atoms with Crippen molar-refractivity contribution in [3.05, 3.63) is 35.6 Å². The van der Waals surface area contributed by atoms with Crippen LogP contribution in [-0.2, 0) is 11.3 Å². The SMILES string of the molecule is CNC(=O)CNCc1ccc(F)cc1. The molecule has 0 fully saturated rings. The lowest BCUT2D eigenvalue weighted by Crippen LogP contribution is -2.30. The van der Waals surface area contributed by atoms with E-state index in [9.17, 15) is 9.18 Å². The Balaban J connectivity index is 2.31. The standard InChI is InChI=1S/C10H13FN2O/c1-12-10(14)7-13-6-8-2-4-9(11)5-3-8/h2-5,13H,6-7H2,1H3,(H,12,14). The van der Waals surface area contributed by atoms with E-state index in [1.54, 1.807) is 19.2 Å². The van der Waals surface area contributed by atoms with Crippen molar-refractivity contribution in [3.63, 3.8) is 0 Å². The Morgan fingerprint density at radius 2 is 2.00 bits per heavy atom. The van der Waals surface area contributed by atoms with Crippen LogP contribution in [0.15, 0.2) is 24.3 Å². The normalized spacial score (nSPS) is 9.86.